The van der Waals surface area contributed by atoms with Gasteiger partial charge in [-0.15, -0.1) is 0 Å². The van der Waals surface area contributed by atoms with E-state index in [1.54, 1.807) is 37.6 Å². The molecule has 1 aromatic heterocycles. The van der Waals surface area contributed by atoms with Crippen molar-refractivity contribution >= 4 is 17.4 Å². The molecule has 0 fully saturated rings. The van der Waals surface area contributed by atoms with Crippen LogP contribution < -0.4 is 15.4 Å². The van der Waals surface area contributed by atoms with Gasteiger partial charge in [0.1, 0.15) is 18.1 Å². The van der Waals surface area contributed by atoms with Gasteiger partial charge in [-0.25, -0.2) is 4.79 Å². The third-order valence-electron chi connectivity index (χ3n) is 3.63. The standard InChI is InChI=1S/C20H20N2O4/c1-24-18-9-7-16(8-10-18)21-20(23)22-17-5-2-4-15(12-17)13-25-14-19-6-3-11-26-19/h2-12H,13-14H2,1H3,(H2,21,22,23). The van der Waals surface area contributed by atoms with Crippen LogP contribution in [0.5, 0.6) is 5.75 Å². The topological polar surface area (TPSA) is 72.7 Å². The third-order valence-corrected chi connectivity index (χ3v) is 3.63. The molecule has 0 radical (unpaired) electrons. The lowest BCUT2D eigenvalue weighted by atomic mass is 10.2. The van der Waals surface area contributed by atoms with Crippen molar-refractivity contribution in [1.82, 2.24) is 0 Å². The Labute approximate surface area is 151 Å². The smallest absolute Gasteiger partial charge is 0.323 e. The van der Waals surface area contributed by atoms with Gasteiger partial charge in [0.15, 0.2) is 0 Å². The molecular formula is C20H20N2O4. The molecule has 1 heterocycles. The summed E-state index contributed by atoms with van der Waals surface area (Å²) < 4.78 is 15.9. The van der Waals surface area contributed by atoms with Crippen molar-refractivity contribution in [2.24, 2.45) is 0 Å². The van der Waals surface area contributed by atoms with Gasteiger partial charge in [0.2, 0.25) is 0 Å². The van der Waals surface area contributed by atoms with Gasteiger partial charge < -0.3 is 24.5 Å². The molecule has 2 N–H and O–H groups in total. The number of rotatable bonds is 7. The molecule has 0 aliphatic carbocycles. The summed E-state index contributed by atoms with van der Waals surface area (Å²) in [4.78, 5) is 12.1. The van der Waals surface area contributed by atoms with Gasteiger partial charge >= 0.3 is 6.03 Å². The zero-order valence-corrected chi connectivity index (χ0v) is 14.4. The number of carbonyl (C=O) groups is 1. The lowest BCUT2D eigenvalue weighted by Crippen LogP contribution is -2.19. The molecule has 3 aromatic rings. The van der Waals surface area contributed by atoms with E-state index in [4.69, 9.17) is 13.9 Å². The molecule has 0 bridgehead atoms. The summed E-state index contributed by atoms with van der Waals surface area (Å²) in [5, 5.41) is 5.58. The van der Waals surface area contributed by atoms with Crippen molar-refractivity contribution in [1.29, 1.82) is 0 Å². The second-order valence-corrected chi connectivity index (χ2v) is 5.58. The van der Waals surface area contributed by atoms with E-state index in [0.29, 0.717) is 24.6 Å². The molecule has 0 spiro atoms. The Morgan fingerprint density at radius 2 is 1.77 bits per heavy atom. The number of nitrogens with one attached hydrogen (secondary N) is 2. The van der Waals surface area contributed by atoms with Crippen molar-refractivity contribution in [2.75, 3.05) is 17.7 Å². The quantitative estimate of drug-likeness (QED) is 0.649. The summed E-state index contributed by atoms with van der Waals surface area (Å²) in [7, 11) is 1.60. The number of urea groups is 1. The first-order valence-corrected chi connectivity index (χ1v) is 8.14. The number of amides is 2. The highest BCUT2D eigenvalue weighted by atomic mass is 16.5. The number of hydrogen-bond donors (Lipinski definition) is 2. The molecule has 3 rings (SSSR count). The van der Waals surface area contributed by atoms with Gasteiger partial charge in [0.05, 0.1) is 20.0 Å². The molecule has 0 unspecified atom stereocenters. The first-order valence-electron chi connectivity index (χ1n) is 8.14. The number of furan rings is 1. The number of benzene rings is 2. The average Bonchev–Trinajstić information content (AvgIpc) is 3.16. The average molecular weight is 352 g/mol. The van der Waals surface area contributed by atoms with Gasteiger partial charge in [-0.3, -0.25) is 0 Å². The van der Waals surface area contributed by atoms with E-state index in [1.807, 2.05) is 36.4 Å². The second kappa shape index (κ2) is 8.73. The Kier molecular flexibility index (Phi) is 5.90. The van der Waals surface area contributed by atoms with Crippen LogP contribution in [0.2, 0.25) is 0 Å². The number of ether oxygens (including phenoxy) is 2. The summed E-state index contributed by atoms with van der Waals surface area (Å²) in [6, 6.07) is 18.0. The SMILES string of the molecule is COc1ccc(NC(=O)Nc2cccc(COCc3ccco3)c2)cc1. The predicted molar refractivity (Wildman–Crippen MR) is 99.3 cm³/mol. The van der Waals surface area contributed by atoms with Crippen LogP contribution >= 0.6 is 0 Å². The van der Waals surface area contributed by atoms with Crippen molar-refractivity contribution in [3.8, 4) is 5.75 Å². The highest BCUT2D eigenvalue weighted by Gasteiger charge is 2.04. The lowest BCUT2D eigenvalue weighted by molar-refractivity contribution is 0.0930. The Morgan fingerprint density at radius 3 is 2.50 bits per heavy atom. The largest absolute Gasteiger partial charge is 0.497 e. The van der Waals surface area contributed by atoms with Crippen molar-refractivity contribution in [3.63, 3.8) is 0 Å². The first-order chi connectivity index (χ1) is 12.7. The van der Waals surface area contributed by atoms with Crippen LogP contribution in [0.3, 0.4) is 0 Å². The van der Waals surface area contributed by atoms with Crippen molar-refractivity contribution in [3.05, 3.63) is 78.3 Å². The first kappa shape index (κ1) is 17.6. The van der Waals surface area contributed by atoms with E-state index in [1.165, 1.54) is 0 Å². The number of anilines is 2. The fraction of sp³-hybridized carbons (Fsp3) is 0.150. The summed E-state index contributed by atoms with van der Waals surface area (Å²) in [5.74, 6) is 1.51. The molecular weight excluding hydrogens is 332 g/mol. The maximum absolute atomic E-state index is 12.1. The molecule has 2 aromatic carbocycles. The normalized spacial score (nSPS) is 10.3. The maximum Gasteiger partial charge on any atom is 0.323 e. The molecule has 0 saturated heterocycles. The summed E-state index contributed by atoms with van der Waals surface area (Å²) >= 11 is 0. The number of hydrogen-bond acceptors (Lipinski definition) is 4. The van der Waals surface area contributed by atoms with E-state index in [2.05, 4.69) is 10.6 Å². The van der Waals surface area contributed by atoms with Gasteiger partial charge in [-0.2, -0.15) is 0 Å². The van der Waals surface area contributed by atoms with Crippen molar-refractivity contribution in [2.45, 2.75) is 13.2 Å². The van der Waals surface area contributed by atoms with E-state index >= 15 is 0 Å². The molecule has 6 nitrogen and oxygen atoms in total. The van der Waals surface area contributed by atoms with Crippen LogP contribution in [0, 0.1) is 0 Å². The Balaban J connectivity index is 1.51. The fourth-order valence-electron chi connectivity index (χ4n) is 2.37. The Hall–Kier alpha value is -3.25. The van der Waals surface area contributed by atoms with Crippen LogP contribution in [0.15, 0.2) is 71.3 Å². The molecule has 26 heavy (non-hydrogen) atoms. The lowest BCUT2D eigenvalue weighted by Gasteiger charge is -2.10. The van der Waals surface area contributed by atoms with Crippen LogP contribution in [0.1, 0.15) is 11.3 Å². The van der Waals surface area contributed by atoms with Crippen LogP contribution in [0.25, 0.3) is 0 Å². The van der Waals surface area contributed by atoms with Crippen LogP contribution in [-0.4, -0.2) is 13.1 Å². The van der Waals surface area contributed by atoms with E-state index in [-0.39, 0.29) is 6.03 Å². The monoisotopic (exact) mass is 352 g/mol. The maximum atomic E-state index is 12.1. The molecule has 0 aliphatic rings. The molecule has 0 aliphatic heterocycles. The zero-order valence-electron chi connectivity index (χ0n) is 14.4. The summed E-state index contributed by atoms with van der Waals surface area (Å²) in [5.41, 5.74) is 2.33. The molecule has 2 amide bonds. The molecule has 6 heteroatoms. The zero-order chi connectivity index (χ0) is 18.2. The third kappa shape index (κ3) is 5.12. The van der Waals surface area contributed by atoms with E-state index < -0.39 is 0 Å². The Morgan fingerprint density at radius 1 is 0.962 bits per heavy atom. The van der Waals surface area contributed by atoms with Crippen LogP contribution in [-0.2, 0) is 18.0 Å². The minimum Gasteiger partial charge on any atom is -0.497 e. The highest BCUT2D eigenvalue weighted by molar-refractivity contribution is 5.99. The number of carbonyl (C=O) groups excluding carboxylic acids is 1. The van der Waals surface area contributed by atoms with Crippen molar-refractivity contribution < 1.29 is 18.7 Å². The minimum atomic E-state index is -0.316. The van der Waals surface area contributed by atoms with E-state index in [0.717, 1.165) is 17.1 Å². The second-order valence-electron chi connectivity index (χ2n) is 5.58. The van der Waals surface area contributed by atoms with Gasteiger partial charge in [0.25, 0.3) is 0 Å². The van der Waals surface area contributed by atoms with Crippen LogP contribution in [0.4, 0.5) is 16.2 Å². The van der Waals surface area contributed by atoms with Gasteiger partial charge in [-0.05, 0) is 54.1 Å². The predicted octanol–water partition coefficient (Wildman–Crippen LogP) is 4.65. The molecule has 0 saturated carbocycles. The van der Waals surface area contributed by atoms with E-state index in [9.17, 15) is 4.79 Å². The fourth-order valence-corrected chi connectivity index (χ4v) is 2.37. The van der Waals surface area contributed by atoms with Gasteiger partial charge in [0, 0.05) is 11.4 Å². The van der Waals surface area contributed by atoms with Gasteiger partial charge in [-0.1, -0.05) is 12.1 Å². The molecule has 134 valence electrons. The highest BCUT2D eigenvalue weighted by Crippen LogP contribution is 2.16. The minimum absolute atomic E-state index is 0.316. The summed E-state index contributed by atoms with van der Waals surface area (Å²) in [6.07, 6.45) is 1.62. The Bertz CT molecular complexity index is 829. The summed E-state index contributed by atoms with van der Waals surface area (Å²) in [6.45, 7) is 0.832. The number of methoxy groups -OCH3 is 1. The molecule has 0 atom stereocenters.